The third-order valence-electron chi connectivity index (χ3n) is 6.60. The normalized spacial score (nSPS) is 20.9. The van der Waals surface area contributed by atoms with Gasteiger partial charge in [-0.2, -0.15) is 0 Å². The maximum absolute atomic E-state index is 13.0. The fourth-order valence-electron chi connectivity index (χ4n) is 4.90. The first kappa shape index (κ1) is 17.5. The van der Waals surface area contributed by atoms with Crippen molar-refractivity contribution >= 4 is 11.8 Å². The Morgan fingerprint density at radius 3 is 2.68 bits per heavy atom. The van der Waals surface area contributed by atoms with Gasteiger partial charge in [0.15, 0.2) is 0 Å². The molecule has 3 heterocycles. The van der Waals surface area contributed by atoms with Gasteiger partial charge in [0.05, 0.1) is 17.6 Å². The minimum atomic E-state index is -0.364. The topological polar surface area (TPSA) is 69.3 Å². The predicted octanol–water partition coefficient (Wildman–Crippen LogP) is 2.64. The molecule has 0 bridgehead atoms. The third-order valence-corrected chi connectivity index (χ3v) is 6.60. The molecule has 0 radical (unpaired) electrons. The molecule has 0 atom stereocenters. The molecule has 2 aliphatic heterocycles. The monoisotopic (exact) mass is 378 g/mol. The zero-order valence-corrected chi connectivity index (χ0v) is 16.3. The number of piperidine rings is 1. The van der Waals surface area contributed by atoms with Crippen LogP contribution in [0.3, 0.4) is 0 Å². The number of H-pyrrole nitrogens is 1. The Kier molecular flexibility index (Phi) is 4.03. The largest absolute Gasteiger partial charge is 0.348 e. The van der Waals surface area contributed by atoms with Gasteiger partial charge in [0, 0.05) is 43.2 Å². The molecule has 1 aliphatic carbocycles. The lowest BCUT2D eigenvalue weighted by molar-refractivity contribution is -0.143. The molecule has 1 aromatic carbocycles. The quantitative estimate of drug-likeness (QED) is 0.873. The van der Waals surface area contributed by atoms with Crippen LogP contribution in [0.5, 0.6) is 0 Å². The average Bonchev–Trinajstić information content (AvgIpc) is 3.45. The summed E-state index contributed by atoms with van der Waals surface area (Å²) in [4.78, 5) is 38.0. The standard InChI is InChI=1S/C22H26N4O2/c1-15-3-2-4-17(13-15)20(27)25-11-8-22(9-12-25)19-18(23-14-24-19)7-10-26(22)21(28)16-5-6-16/h2-4,13-14,16H,5-12H2,1H3,(H,23,24). The van der Waals surface area contributed by atoms with Crippen LogP contribution in [0.15, 0.2) is 30.6 Å². The molecule has 6 nitrogen and oxygen atoms in total. The minimum Gasteiger partial charge on any atom is -0.348 e. The molecule has 0 unspecified atom stereocenters. The lowest BCUT2D eigenvalue weighted by Crippen LogP contribution is -2.59. The molecule has 3 aliphatic rings. The molecule has 1 N–H and O–H groups in total. The van der Waals surface area contributed by atoms with Crippen LogP contribution in [-0.4, -0.2) is 51.2 Å². The van der Waals surface area contributed by atoms with Crippen molar-refractivity contribution in [2.75, 3.05) is 19.6 Å². The molecule has 2 fully saturated rings. The van der Waals surface area contributed by atoms with Gasteiger partial charge < -0.3 is 14.8 Å². The second-order valence-corrected chi connectivity index (χ2v) is 8.44. The zero-order chi connectivity index (χ0) is 19.3. The molecular weight excluding hydrogens is 352 g/mol. The fourth-order valence-corrected chi connectivity index (χ4v) is 4.90. The second-order valence-electron chi connectivity index (χ2n) is 8.44. The number of carbonyl (C=O) groups is 2. The molecule has 6 heteroatoms. The summed E-state index contributed by atoms with van der Waals surface area (Å²) in [5.74, 6) is 0.563. The Hall–Kier alpha value is -2.63. The fraction of sp³-hybridized carbons (Fsp3) is 0.500. The Morgan fingerprint density at radius 2 is 1.96 bits per heavy atom. The maximum atomic E-state index is 13.0. The van der Waals surface area contributed by atoms with Gasteiger partial charge in [0.2, 0.25) is 5.91 Å². The van der Waals surface area contributed by atoms with Gasteiger partial charge in [-0.3, -0.25) is 9.59 Å². The smallest absolute Gasteiger partial charge is 0.253 e. The van der Waals surface area contributed by atoms with E-state index in [9.17, 15) is 9.59 Å². The van der Waals surface area contributed by atoms with Crippen LogP contribution in [0, 0.1) is 12.8 Å². The lowest BCUT2D eigenvalue weighted by Gasteiger charge is -2.50. The summed E-state index contributed by atoms with van der Waals surface area (Å²) in [6.45, 7) is 4.04. The van der Waals surface area contributed by atoms with E-state index in [0.717, 1.165) is 61.2 Å². The van der Waals surface area contributed by atoms with E-state index in [4.69, 9.17) is 0 Å². The summed E-state index contributed by atoms with van der Waals surface area (Å²) < 4.78 is 0. The van der Waals surface area contributed by atoms with Crippen LogP contribution < -0.4 is 0 Å². The average molecular weight is 378 g/mol. The molecular formula is C22H26N4O2. The van der Waals surface area contributed by atoms with Crippen molar-refractivity contribution in [1.29, 1.82) is 0 Å². The lowest BCUT2D eigenvalue weighted by atomic mass is 9.78. The summed E-state index contributed by atoms with van der Waals surface area (Å²) in [5, 5.41) is 0. The van der Waals surface area contributed by atoms with E-state index in [0.29, 0.717) is 13.1 Å². The van der Waals surface area contributed by atoms with Crippen LogP contribution in [-0.2, 0) is 16.8 Å². The van der Waals surface area contributed by atoms with Gasteiger partial charge in [-0.15, -0.1) is 0 Å². The van der Waals surface area contributed by atoms with Crippen LogP contribution >= 0.6 is 0 Å². The van der Waals surface area contributed by atoms with Crippen molar-refractivity contribution < 1.29 is 9.59 Å². The van der Waals surface area contributed by atoms with Gasteiger partial charge in [-0.25, -0.2) is 4.98 Å². The van der Waals surface area contributed by atoms with Crippen LogP contribution in [0.4, 0.5) is 0 Å². The highest BCUT2D eigenvalue weighted by atomic mass is 16.2. The van der Waals surface area contributed by atoms with Gasteiger partial charge in [-0.05, 0) is 44.7 Å². The third kappa shape index (κ3) is 2.74. The molecule has 5 rings (SSSR count). The van der Waals surface area contributed by atoms with E-state index in [2.05, 4.69) is 14.9 Å². The predicted molar refractivity (Wildman–Crippen MR) is 105 cm³/mol. The number of aromatic nitrogens is 2. The number of amides is 2. The van der Waals surface area contributed by atoms with E-state index in [1.807, 2.05) is 36.1 Å². The summed E-state index contributed by atoms with van der Waals surface area (Å²) in [5.41, 5.74) is 3.64. The van der Waals surface area contributed by atoms with Crippen LogP contribution in [0.1, 0.15) is 53.0 Å². The van der Waals surface area contributed by atoms with E-state index in [1.165, 1.54) is 0 Å². The Bertz CT molecular complexity index is 922. The molecule has 146 valence electrons. The van der Waals surface area contributed by atoms with Crippen LogP contribution in [0.2, 0.25) is 0 Å². The molecule has 2 amide bonds. The minimum absolute atomic E-state index is 0.0803. The summed E-state index contributed by atoms with van der Waals surface area (Å²) in [6, 6.07) is 7.77. The highest BCUT2D eigenvalue weighted by Crippen LogP contribution is 2.45. The van der Waals surface area contributed by atoms with E-state index in [-0.39, 0.29) is 23.3 Å². The molecule has 1 saturated carbocycles. The number of hydrogen-bond acceptors (Lipinski definition) is 3. The van der Waals surface area contributed by atoms with Gasteiger partial charge in [-0.1, -0.05) is 17.7 Å². The summed E-state index contributed by atoms with van der Waals surface area (Å²) in [6.07, 6.45) is 6.11. The summed E-state index contributed by atoms with van der Waals surface area (Å²) in [7, 11) is 0. The van der Waals surface area contributed by atoms with Crippen molar-refractivity contribution in [3.05, 3.63) is 53.1 Å². The number of rotatable bonds is 2. The number of nitrogens with zero attached hydrogens (tertiary/aromatic N) is 3. The number of hydrogen-bond donors (Lipinski definition) is 1. The van der Waals surface area contributed by atoms with Gasteiger partial charge in [0.1, 0.15) is 0 Å². The molecule has 28 heavy (non-hydrogen) atoms. The first-order valence-electron chi connectivity index (χ1n) is 10.3. The van der Waals surface area contributed by atoms with Crippen molar-refractivity contribution in [1.82, 2.24) is 19.8 Å². The van der Waals surface area contributed by atoms with Crippen molar-refractivity contribution in [2.45, 2.75) is 44.6 Å². The van der Waals surface area contributed by atoms with Crippen molar-refractivity contribution in [3.8, 4) is 0 Å². The number of imidazole rings is 1. The molecule has 1 spiro atoms. The number of fused-ring (bicyclic) bond motifs is 2. The second kappa shape index (κ2) is 6.47. The Morgan fingerprint density at radius 1 is 1.18 bits per heavy atom. The maximum Gasteiger partial charge on any atom is 0.253 e. The first-order valence-corrected chi connectivity index (χ1v) is 10.3. The summed E-state index contributed by atoms with van der Waals surface area (Å²) >= 11 is 0. The molecule has 1 saturated heterocycles. The molecule has 2 aromatic rings. The van der Waals surface area contributed by atoms with Gasteiger partial charge in [0.25, 0.3) is 5.91 Å². The van der Waals surface area contributed by atoms with E-state index in [1.54, 1.807) is 6.33 Å². The highest BCUT2D eigenvalue weighted by molar-refractivity contribution is 5.94. The van der Waals surface area contributed by atoms with Crippen molar-refractivity contribution in [3.63, 3.8) is 0 Å². The zero-order valence-electron chi connectivity index (χ0n) is 16.3. The number of benzene rings is 1. The first-order chi connectivity index (χ1) is 13.6. The SMILES string of the molecule is Cc1cccc(C(=O)N2CCC3(CC2)c2nc[nH]c2CCN3C(=O)C2CC2)c1. The number of carbonyl (C=O) groups excluding carboxylic acids is 2. The van der Waals surface area contributed by atoms with Crippen molar-refractivity contribution in [2.24, 2.45) is 5.92 Å². The highest BCUT2D eigenvalue weighted by Gasteiger charge is 2.51. The van der Waals surface area contributed by atoms with E-state index >= 15 is 0 Å². The number of nitrogens with one attached hydrogen (secondary N) is 1. The van der Waals surface area contributed by atoms with Gasteiger partial charge >= 0.3 is 0 Å². The van der Waals surface area contributed by atoms with E-state index < -0.39 is 0 Å². The Balaban J connectivity index is 1.41. The molecule has 1 aromatic heterocycles. The number of aryl methyl sites for hydroxylation is 1. The van der Waals surface area contributed by atoms with Crippen LogP contribution in [0.25, 0.3) is 0 Å². The Labute approximate surface area is 164 Å². The number of aromatic amines is 1. The number of likely N-dealkylation sites (tertiary alicyclic amines) is 1.